The molecule has 4 rings (SSSR count). The third-order valence-corrected chi connectivity index (χ3v) is 10.4. The number of nitrogens with zero attached hydrogens (tertiary/aromatic N) is 6. The van der Waals surface area contributed by atoms with Gasteiger partial charge in [-0.1, -0.05) is 24.3 Å². The topological polar surface area (TPSA) is 382 Å². The molecular weight excluding hydrogens is 991 g/mol. The first-order valence-corrected chi connectivity index (χ1v) is 23.1. The number of aromatic nitrogens is 6. The summed E-state index contributed by atoms with van der Waals surface area (Å²) in [6.45, 7) is 3.35. The molecule has 30 heteroatoms. The molecule has 10 N–H and O–H groups in total. The van der Waals surface area contributed by atoms with Crippen molar-refractivity contribution >= 4 is 73.5 Å². The van der Waals surface area contributed by atoms with Gasteiger partial charge in [-0.05, 0) is 49.4 Å². The number of anilines is 7. The second-order valence-electron chi connectivity index (χ2n) is 13.6. The van der Waals surface area contributed by atoms with Crippen molar-refractivity contribution in [3.05, 3.63) is 53.3 Å². The van der Waals surface area contributed by atoms with Crippen molar-refractivity contribution in [1.82, 2.24) is 35.2 Å². The van der Waals surface area contributed by atoms with Gasteiger partial charge in [0.2, 0.25) is 29.7 Å². The minimum atomic E-state index is -5.16. The van der Waals surface area contributed by atoms with Crippen molar-refractivity contribution in [1.29, 1.82) is 0 Å². The van der Waals surface area contributed by atoms with E-state index in [2.05, 4.69) is 61.8 Å². The summed E-state index contributed by atoms with van der Waals surface area (Å²) in [5.41, 5.74) is -0.162. The van der Waals surface area contributed by atoms with E-state index in [9.17, 15) is 36.2 Å². The van der Waals surface area contributed by atoms with Gasteiger partial charge in [0.15, 0.2) is 5.82 Å². The zero-order valence-electron chi connectivity index (χ0n) is 38.0. The van der Waals surface area contributed by atoms with E-state index >= 15 is 0 Å². The molecule has 4 aromatic rings. The molecule has 0 saturated carbocycles. The van der Waals surface area contributed by atoms with Crippen molar-refractivity contribution in [3.63, 3.8) is 0 Å². The van der Waals surface area contributed by atoms with Crippen LogP contribution in [0, 0.1) is 0 Å². The van der Waals surface area contributed by atoms with Crippen LogP contribution in [0.15, 0.2) is 46.2 Å². The Morgan fingerprint density at radius 3 is 1.43 bits per heavy atom. The smallest absolute Gasteiger partial charge is 0.744 e. The Kier molecular flexibility index (Phi) is 29.9. The fourth-order valence-corrected chi connectivity index (χ4v) is 6.83. The zero-order valence-corrected chi connectivity index (χ0v) is 45.9. The second kappa shape index (κ2) is 32.8. The standard InChI is InChI=1S/C38H56N12O14S2.2K/c1-25(23-53)42-36-48-35(41-10-14-62-18-20-64-16-12-52)49-38(50-36)44-29-8-6-27(32(22-29)66(58,59)60)4-3-26-5-7-28(21-31(26)65(55,56)57)43-37-46-33(30(24-54)39-2)45-34(47-37)40-9-13-61-17-19-63-15-11-51;;/h3-8,21-22,25,30,39,51-54H,9-20,23-24H2,1-2H3,(H,55,56,57)(H,58,59,60)(H2,40,43,45,46,47)(H3,41,42,44,48,49,50);;/q;2*+1/p-2. The van der Waals surface area contributed by atoms with Crippen LogP contribution in [0.3, 0.4) is 0 Å². The Balaban J connectivity index is 0.00000793. The van der Waals surface area contributed by atoms with E-state index < -0.39 is 42.1 Å². The molecule has 0 aliphatic rings. The molecule has 0 spiro atoms. The van der Waals surface area contributed by atoms with Crippen LogP contribution in [0.25, 0.3) is 12.2 Å². The quantitative estimate of drug-likeness (QED) is 0.00941. The molecule has 2 atom stereocenters. The number of aliphatic hydroxyl groups is 4. The van der Waals surface area contributed by atoms with Crippen LogP contribution in [0.2, 0.25) is 0 Å². The fourth-order valence-electron chi connectivity index (χ4n) is 5.44. The number of rotatable bonds is 32. The van der Waals surface area contributed by atoms with Crippen LogP contribution in [0.5, 0.6) is 0 Å². The molecule has 0 aliphatic heterocycles. The molecule has 364 valence electrons. The van der Waals surface area contributed by atoms with Gasteiger partial charge in [0.1, 0.15) is 20.2 Å². The molecule has 0 bridgehead atoms. The summed E-state index contributed by atoms with van der Waals surface area (Å²) in [7, 11) is -8.74. The van der Waals surface area contributed by atoms with Gasteiger partial charge in [-0.3, -0.25) is 0 Å². The van der Waals surface area contributed by atoms with Crippen molar-refractivity contribution in [2.75, 3.05) is 126 Å². The predicted molar refractivity (Wildman–Crippen MR) is 237 cm³/mol. The number of hydrogen-bond donors (Lipinski definition) is 10. The van der Waals surface area contributed by atoms with Gasteiger partial charge >= 0.3 is 103 Å². The average Bonchev–Trinajstić information content (AvgIpc) is 3.27. The van der Waals surface area contributed by atoms with Crippen molar-refractivity contribution in [2.24, 2.45) is 0 Å². The molecule has 2 heterocycles. The molecule has 0 amide bonds. The molecule has 68 heavy (non-hydrogen) atoms. The maximum atomic E-state index is 12.5. The van der Waals surface area contributed by atoms with Gasteiger partial charge in [-0.2, -0.15) is 29.9 Å². The first-order chi connectivity index (χ1) is 31.7. The molecule has 0 fully saturated rings. The molecule has 26 nitrogen and oxygen atoms in total. The van der Waals surface area contributed by atoms with E-state index in [1.54, 1.807) is 14.0 Å². The zero-order chi connectivity index (χ0) is 48.0. The average molecular weight is 1050 g/mol. The molecule has 0 radical (unpaired) electrons. The van der Waals surface area contributed by atoms with Gasteiger partial charge < -0.3 is 80.4 Å². The fraction of sp³-hybridized carbons (Fsp3) is 0.474. The minimum absolute atomic E-state index is 0. The van der Waals surface area contributed by atoms with Gasteiger partial charge in [-0.25, -0.2) is 16.8 Å². The summed E-state index contributed by atoms with van der Waals surface area (Å²) in [4.78, 5) is 24.4. The van der Waals surface area contributed by atoms with Crippen molar-refractivity contribution in [2.45, 2.75) is 28.8 Å². The third kappa shape index (κ3) is 22.1. The molecule has 2 unspecified atom stereocenters. The molecule has 2 aromatic heterocycles. The van der Waals surface area contributed by atoms with E-state index in [4.69, 9.17) is 29.2 Å². The van der Waals surface area contributed by atoms with Crippen LogP contribution in [-0.2, 0) is 39.2 Å². The summed E-state index contributed by atoms with van der Waals surface area (Å²) in [5, 5.41) is 54.4. The molecule has 0 aliphatic carbocycles. The van der Waals surface area contributed by atoms with Crippen LogP contribution in [-0.4, -0.2) is 182 Å². The Labute approximate surface area is 479 Å². The van der Waals surface area contributed by atoms with Crippen molar-refractivity contribution < 1.29 is 168 Å². The number of aliphatic hydroxyl groups excluding tert-OH is 4. The number of benzene rings is 2. The number of likely N-dealkylation sites (N-methyl/N-ethyl adjacent to an activating group) is 1. The molecule has 2 aromatic carbocycles. The third-order valence-electron chi connectivity index (χ3n) is 8.58. The second-order valence-corrected chi connectivity index (χ2v) is 16.3. The summed E-state index contributed by atoms with van der Waals surface area (Å²) in [6.07, 6.45) is 2.31. The van der Waals surface area contributed by atoms with E-state index in [1.807, 2.05) is 0 Å². The van der Waals surface area contributed by atoms with E-state index in [0.29, 0.717) is 0 Å². The molecular formula is C38H54K2N12O14S2. The maximum Gasteiger partial charge on any atom is 1.00 e. The van der Waals surface area contributed by atoms with E-state index in [1.165, 1.54) is 24.3 Å². The Morgan fingerprint density at radius 1 is 0.588 bits per heavy atom. The normalized spacial score (nSPS) is 12.5. The first kappa shape index (κ1) is 62.1. The predicted octanol–water partition coefficient (Wildman–Crippen LogP) is -6.55. The number of ether oxygens (including phenoxy) is 4. The van der Waals surface area contributed by atoms with Crippen LogP contribution >= 0.6 is 0 Å². The van der Waals surface area contributed by atoms with Crippen molar-refractivity contribution in [3.8, 4) is 0 Å². The number of nitrogens with one attached hydrogen (secondary N) is 6. The van der Waals surface area contributed by atoms with Crippen LogP contribution in [0.1, 0.15) is 29.9 Å². The number of hydrogen-bond acceptors (Lipinski definition) is 26. The van der Waals surface area contributed by atoms with Gasteiger partial charge in [0.05, 0.1) is 95.1 Å². The summed E-state index contributed by atoms with van der Waals surface area (Å²) in [6, 6.07) is 6.23. The van der Waals surface area contributed by atoms with Gasteiger partial charge in [-0.15, -0.1) is 0 Å². The molecule has 0 saturated heterocycles. The largest absolute Gasteiger partial charge is 1.00 e. The first-order valence-electron chi connectivity index (χ1n) is 20.3. The maximum absolute atomic E-state index is 12.5. The van der Waals surface area contributed by atoms with E-state index in [-0.39, 0.29) is 253 Å². The SMILES string of the molecule is CNC(CO)c1nc(NCCOCCOCCO)nc(Nc2ccc(C=Cc3ccc(Nc4nc(NCCOCCOCCO)nc(NC(C)CO)n4)cc3S(=O)(=O)[O-])c(S(=O)(=O)[O-])c2)n1.[K+].[K+]. The van der Waals surface area contributed by atoms with Crippen LogP contribution in [0.4, 0.5) is 41.1 Å². The van der Waals surface area contributed by atoms with E-state index in [0.717, 1.165) is 24.3 Å². The Bertz CT molecular complexity index is 2400. The van der Waals surface area contributed by atoms with Gasteiger partial charge in [0, 0.05) is 30.5 Å². The Morgan fingerprint density at radius 2 is 1.00 bits per heavy atom. The summed E-state index contributed by atoms with van der Waals surface area (Å²) >= 11 is 0. The Hall–Kier alpha value is -2.07. The summed E-state index contributed by atoms with van der Waals surface area (Å²) < 4.78 is 96.5. The summed E-state index contributed by atoms with van der Waals surface area (Å²) in [5.74, 6) is 0.190. The monoisotopic (exact) mass is 1040 g/mol. The van der Waals surface area contributed by atoms with Gasteiger partial charge in [0.25, 0.3) is 0 Å². The minimum Gasteiger partial charge on any atom is -0.744 e. The van der Waals surface area contributed by atoms with Crippen LogP contribution < -0.4 is 135 Å².